The highest BCUT2D eigenvalue weighted by Gasteiger charge is 2.58. The van der Waals surface area contributed by atoms with Crippen LogP contribution in [-0.4, -0.2) is 16.2 Å². The van der Waals surface area contributed by atoms with Crippen LogP contribution >= 0.6 is 0 Å². The molecule has 2 heteroatoms. The molecule has 3 saturated carbocycles. The second-order valence-corrected chi connectivity index (χ2v) is 10.1. The van der Waals surface area contributed by atoms with Crippen molar-refractivity contribution in [2.24, 2.45) is 28.6 Å². The number of allylic oxidation sites excluding steroid dienone is 1. The Morgan fingerprint density at radius 1 is 1.08 bits per heavy atom. The molecule has 2 nitrogen and oxygen atoms in total. The smallest absolute Gasteiger partial charge is 0.0577 e. The lowest BCUT2D eigenvalue weighted by Gasteiger charge is -2.58. The maximum Gasteiger partial charge on any atom is 0.0577 e. The van der Waals surface area contributed by atoms with Gasteiger partial charge in [0.05, 0.1) is 6.10 Å². The Balaban J connectivity index is 1.47. The van der Waals surface area contributed by atoms with Crippen LogP contribution in [0.5, 0.6) is 0 Å². The molecule has 0 amide bonds. The van der Waals surface area contributed by atoms with Crippen molar-refractivity contribution >= 4 is 0 Å². The molecule has 0 saturated heterocycles. The zero-order chi connectivity index (χ0) is 17.9. The Morgan fingerprint density at radius 2 is 1.96 bits per heavy atom. The van der Waals surface area contributed by atoms with Crippen LogP contribution in [0.3, 0.4) is 0 Å². The summed E-state index contributed by atoms with van der Waals surface area (Å²) in [6.07, 6.45) is 16.3. The van der Waals surface area contributed by atoms with E-state index in [2.05, 4.69) is 43.2 Å². The summed E-state index contributed by atoms with van der Waals surface area (Å²) in [4.78, 5) is 4.42. The molecule has 26 heavy (non-hydrogen) atoms. The van der Waals surface area contributed by atoms with Gasteiger partial charge in [0.1, 0.15) is 0 Å². The zero-order valence-corrected chi connectivity index (χ0v) is 16.3. The summed E-state index contributed by atoms with van der Waals surface area (Å²) in [5, 5.41) is 10.2. The van der Waals surface area contributed by atoms with Gasteiger partial charge in [-0.25, -0.2) is 0 Å². The molecule has 1 heterocycles. The minimum absolute atomic E-state index is 0.0961. The van der Waals surface area contributed by atoms with Gasteiger partial charge < -0.3 is 5.11 Å². The van der Waals surface area contributed by atoms with Crippen molar-refractivity contribution < 1.29 is 5.11 Å². The van der Waals surface area contributed by atoms with Crippen LogP contribution in [0.15, 0.2) is 36.2 Å². The third-order valence-corrected chi connectivity index (χ3v) is 9.16. The lowest BCUT2D eigenvalue weighted by Crippen LogP contribution is -2.50. The van der Waals surface area contributed by atoms with Crippen molar-refractivity contribution in [1.82, 2.24) is 4.98 Å². The van der Waals surface area contributed by atoms with Crippen molar-refractivity contribution in [3.05, 3.63) is 41.7 Å². The maximum atomic E-state index is 10.2. The minimum atomic E-state index is -0.0961. The molecule has 1 aromatic rings. The first kappa shape index (κ1) is 17.0. The molecule has 0 unspecified atom stereocenters. The van der Waals surface area contributed by atoms with E-state index in [1.807, 2.05) is 6.20 Å². The number of nitrogens with zero attached hydrogens (tertiary/aromatic N) is 1. The van der Waals surface area contributed by atoms with E-state index in [-0.39, 0.29) is 6.10 Å². The third kappa shape index (κ3) is 2.30. The van der Waals surface area contributed by atoms with Crippen LogP contribution in [0.2, 0.25) is 0 Å². The molecule has 140 valence electrons. The molecule has 3 fully saturated rings. The van der Waals surface area contributed by atoms with Crippen LogP contribution in [0.4, 0.5) is 0 Å². The van der Waals surface area contributed by atoms with Crippen molar-refractivity contribution in [2.45, 2.75) is 77.2 Å². The Morgan fingerprint density at radius 3 is 2.77 bits per heavy atom. The Labute approximate surface area is 158 Å². The molecular formula is C24H33NO. The summed E-state index contributed by atoms with van der Waals surface area (Å²) >= 11 is 0. The average Bonchev–Trinajstić information content (AvgIpc) is 3.00. The zero-order valence-electron chi connectivity index (χ0n) is 16.3. The molecule has 5 rings (SSSR count). The van der Waals surface area contributed by atoms with Gasteiger partial charge in [-0.1, -0.05) is 31.6 Å². The summed E-state index contributed by atoms with van der Waals surface area (Å²) < 4.78 is 0. The summed E-state index contributed by atoms with van der Waals surface area (Å²) in [7, 11) is 0. The molecule has 0 bridgehead atoms. The van der Waals surface area contributed by atoms with E-state index in [4.69, 9.17) is 0 Å². The van der Waals surface area contributed by atoms with Gasteiger partial charge in [-0.05, 0) is 97.5 Å². The van der Waals surface area contributed by atoms with Gasteiger partial charge in [0, 0.05) is 12.4 Å². The molecular weight excluding hydrogens is 318 g/mol. The molecule has 4 aliphatic carbocycles. The quantitative estimate of drug-likeness (QED) is 0.679. The summed E-state index contributed by atoms with van der Waals surface area (Å²) in [6.45, 7) is 5.11. The number of aromatic nitrogens is 1. The first-order chi connectivity index (χ1) is 12.5. The monoisotopic (exact) mass is 351 g/mol. The summed E-state index contributed by atoms with van der Waals surface area (Å²) in [6, 6.07) is 4.42. The lowest BCUT2D eigenvalue weighted by atomic mass is 9.47. The molecule has 0 aliphatic heterocycles. The highest BCUT2D eigenvalue weighted by Crippen LogP contribution is 2.67. The molecule has 0 aromatic carbocycles. The maximum absolute atomic E-state index is 10.2. The predicted molar refractivity (Wildman–Crippen MR) is 105 cm³/mol. The van der Waals surface area contributed by atoms with Crippen LogP contribution < -0.4 is 0 Å². The Bertz CT molecular complexity index is 712. The first-order valence-electron chi connectivity index (χ1n) is 10.8. The molecule has 1 aromatic heterocycles. The highest BCUT2D eigenvalue weighted by atomic mass is 16.3. The molecule has 1 N–H and O–H groups in total. The van der Waals surface area contributed by atoms with E-state index < -0.39 is 0 Å². The summed E-state index contributed by atoms with van der Waals surface area (Å²) in [5.74, 6) is 3.22. The first-order valence-corrected chi connectivity index (χ1v) is 10.8. The van der Waals surface area contributed by atoms with Crippen molar-refractivity contribution in [3.8, 4) is 0 Å². The number of hydrogen-bond acceptors (Lipinski definition) is 2. The largest absolute Gasteiger partial charge is 0.393 e. The molecule has 7 atom stereocenters. The van der Waals surface area contributed by atoms with Crippen molar-refractivity contribution in [1.29, 1.82) is 0 Å². The minimum Gasteiger partial charge on any atom is -0.393 e. The number of rotatable bonds is 1. The number of aliphatic hydroxyl groups is 1. The second kappa shape index (κ2) is 5.92. The SMILES string of the molecule is C[C@]12CC[C@H]3[C@@H](CC=C4C[C@@H](O)CC[C@@]43C)[C@@H]1CC[C@@H]2c1cccnc1. The fourth-order valence-corrected chi connectivity index (χ4v) is 7.77. The number of aliphatic hydroxyl groups excluding tert-OH is 1. The van der Waals surface area contributed by atoms with E-state index in [0.29, 0.717) is 16.7 Å². The number of fused-ring (bicyclic) bond motifs is 5. The standard InChI is InChI=1S/C24H33NO/c1-23-11-9-18(26)14-17(23)5-6-19-21-8-7-20(16-4-3-13-25-15-16)24(21,2)12-10-22(19)23/h3-5,13,15,18-22,26H,6-12,14H2,1-2H3/t18-,19-,20+,21-,22-,23-,24+/m0/s1. The van der Waals surface area contributed by atoms with E-state index >= 15 is 0 Å². The fraction of sp³-hybridized carbons (Fsp3) is 0.708. The molecule has 4 aliphatic rings. The normalized spacial score (nSPS) is 47.5. The van der Waals surface area contributed by atoms with Gasteiger partial charge in [-0.2, -0.15) is 0 Å². The van der Waals surface area contributed by atoms with Crippen LogP contribution in [0.1, 0.15) is 76.7 Å². The van der Waals surface area contributed by atoms with Crippen LogP contribution in [0.25, 0.3) is 0 Å². The second-order valence-electron chi connectivity index (χ2n) is 10.1. The number of hydrogen-bond donors (Lipinski definition) is 1. The Kier molecular flexibility index (Phi) is 3.87. The third-order valence-electron chi connectivity index (χ3n) is 9.16. The van der Waals surface area contributed by atoms with Gasteiger partial charge in [0.25, 0.3) is 0 Å². The van der Waals surface area contributed by atoms with Crippen molar-refractivity contribution in [3.63, 3.8) is 0 Å². The van der Waals surface area contributed by atoms with Gasteiger partial charge in [-0.3, -0.25) is 4.98 Å². The van der Waals surface area contributed by atoms with Gasteiger partial charge >= 0.3 is 0 Å². The van der Waals surface area contributed by atoms with Crippen LogP contribution in [-0.2, 0) is 0 Å². The van der Waals surface area contributed by atoms with Gasteiger partial charge in [0.2, 0.25) is 0 Å². The topological polar surface area (TPSA) is 33.1 Å². The van der Waals surface area contributed by atoms with Gasteiger partial charge in [0.15, 0.2) is 0 Å². The fourth-order valence-electron chi connectivity index (χ4n) is 7.77. The van der Waals surface area contributed by atoms with Crippen molar-refractivity contribution in [2.75, 3.05) is 0 Å². The van der Waals surface area contributed by atoms with Gasteiger partial charge in [-0.15, -0.1) is 0 Å². The average molecular weight is 352 g/mol. The predicted octanol–water partition coefficient (Wildman–Crippen LogP) is 5.49. The Hall–Kier alpha value is -1.15. The van der Waals surface area contributed by atoms with Crippen LogP contribution in [0, 0.1) is 28.6 Å². The van der Waals surface area contributed by atoms with E-state index in [0.717, 1.165) is 30.6 Å². The lowest BCUT2D eigenvalue weighted by molar-refractivity contribution is -0.0409. The molecule has 0 radical (unpaired) electrons. The summed E-state index contributed by atoms with van der Waals surface area (Å²) in [5.41, 5.74) is 3.86. The van der Waals surface area contributed by atoms with E-state index in [1.54, 1.807) is 5.57 Å². The van der Waals surface area contributed by atoms with E-state index in [1.165, 1.54) is 44.1 Å². The number of pyridine rings is 1. The molecule has 0 spiro atoms. The van der Waals surface area contributed by atoms with E-state index in [9.17, 15) is 5.11 Å². The highest BCUT2D eigenvalue weighted by molar-refractivity contribution is 5.28.